The highest BCUT2D eigenvalue weighted by Crippen LogP contribution is 2.09. The van der Waals surface area contributed by atoms with Gasteiger partial charge in [0, 0.05) is 12.2 Å². The van der Waals surface area contributed by atoms with Gasteiger partial charge in [0.05, 0.1) is 19.8 Å². The number of ether oxygens (including phenoxy) is 1. The first kappa shape index (κ1) is 17.1. The third-order valence-corrected chi connectivity index (χ3v) is 3.35. The maximum absolute atomic E-state index is 11.1. The number of anilines is 1. The van der Waals surface area contributed by atoms with E-state index in [1.165, 1.54) is 5.56 Å². The topological polar surface area (TPSA) is 79.8 Å². The Kier molecular flexibility index (Phi) is 9.18. The van der Waals surface area contributed by atoms with E-state index in [1.54, 1.807) is 6.92 Å². The summed E-state index contributed by atoms with van der Waals surface area (Å²) < 4.78 is 24.0. The standard InChI is InChI=1S/C13H22N2O4S/c1-2-19-20(17)15-8-10-18-9-7-12-3-5-13(6-4-12)14-11-16/h3-6,14-16H,2,7-11H2,1H3. The minimum Gasteiger partial charge on any atom is -0.380 e. The van der Waals surface area contributed by atoms with Crippen LogP contribution >= 0.6 is 0 Å². The monoisotopic (exact) mass is 302 g/mol. The molecule has 0 spiro atoms. The Morgan fingerprint density at radius 2 is 2.00 bits per heavy atom. The number of hydrogen-bond donors (Lipinski definition) is 3. The van der Waals surface area contributed by atoms with Crippen LogP contribution in [0.4, 0.5) is 5.69 Å². The lowest BCUT2D eigenvalue weighted by Crippen LogP contribution is -2.24. The molecule has 1 aromatic rings. The fraction of sp³-hybridized carbons (Fsp3) is 0.538. The normalized spacial score (nSPS) is 12.3. The van der Waals surface area contributed by atoms with E-state index < -0.39 is 11.3 Å². The molecule has 1 unspecified atom stereocenters. The van der Waals surface area contributed by atoms with Crippen LogP contribution in [0.5, 0.6) is 0 Å². The van der Waals surface area contributed by atoms with Crippen molar-refractivity contribution in [3.8, 4) is 0 Å². The predicted molar refractivity (Wildman–Crippen MR) is 79.4 cm³/mol. The van der Waals surface area contributed by atoms with Crippen LogP contribution in [0.2, 0.25) is 0 Å². The molecule has 1 aromatic carbocycles. The van der Waals surface area contributed by atoms with Crippen molar-refractivity contribution >= 4 is 17.0 Å². The van der Waals surface area contributed by atoms with Gasteiger partial charge in [-0.05, 0) is 31.0 Å². The number of benzene rings is 1. The van der Waals surface area contributed by atoms with Crippen molar-refractivity contribution < 1.29 is 18.2 Å². The minimum atomic E-state index is -1.42. The van der Waals surface area contributed by atoms with Gasteiger partial charge in [0.15, 0.2) is 0 Å². The van der Waals surface area contributed by atoms with E-state index in [-0.39, 0.29) is 6.73 Å². The zero-order valence-corrected chi connectivity index (χ0v) is 12.4. The van der Waals surface area contributed by atoms with Crippen molar-refractivity contribution in [1.82, 2.24) is 4.72 Å². The summed E-state index contributed by atoms with van der Waals surface area (Å²) in [5.41, 5.74) is 2.05. The molecule has 114 valence electrons. The van der Waals surface area contributed by atoms with Gasteiger partial charge in [0.25, 0.3) is 0 Å². The summed E-state index contributed by atoms with van der Waals surface area (Å²) in [5, 5.41) is 11.5. The molecule has 1 rings (SSSR count). The highest BCUT2D eigenvalue weighted by atomic mass is 32.2. The van der Waals surface area contributed by atoms with E-state index in [0.29, 0.717) is 26.4 Å². The number of nitrogens with one attached hydrogen (secondary N) is 2. The quantitative estimate of drug-likeness (QED) is 0.416. The zero-order valence-electron chi connectivity index (χ0n) is 11.6. The fourth-order valence-electron chi connectivity index (χ4n) is 1.52. The molecule has 1 atom stereocenters. The molecule has 0 fully saturated rings. The van der Waals surface area contributed by atoms with Crippen LogP contribution in [0.3, 0.4) is 0 Å². The summed E-state index contributed by atoms with van der Waals surface area (Å²) in [4.78, 5) is 0. The Balaban J connectivity index is 2.07. The maximum Gasteiger partial charge on any atom is 0.234 e. The molecule has 0 saturated heterocycles. The Bertz CT molecular complexity index is 386. The third kappa shape index (κ3) is 7.56. The first-order chi connectivity index (χ1) is 9.76. The second-order valence-corrected chi connectivity index (χ2v) is 4.92. The predicted octanol–water partition coefficient (Wildman–Crippen LogP) is 0.812. The smallest absolute Gasteiger partial charge is 0.234 e. The van der Waals surface area contributed by atoms with E-state index in [2.05, 4.69) is 10.0 Å². The number of rotatable bonds is 11. The fourth-order valence-corrected chi connectivity index (χ4v) is 2.07. The van der Waals surface area contributed by atoms with Gasteiger partial charge in [-0.15, -0.1) is 0 Å². The van der Waals surface area contributed by atoms with Crippen LogP contribution < -0.4 is 10.0 Å². The number of hydrogen-bond acceptors (Lipinski definition) is 5. The first-order valence-electron chi connectivity index (χ1n) is 6.56. The number of aliphatic hydroxyl groups excluding tert-OH is 1. The zero-order chi connectivity index (χ0) is 14.6. The van der Waals surface area contributed by atoms with Gasteiger partial charge in [-0.1, -0.05) is 12.1 Å². The molecule has 20 heavy (non-hydrogen) atoms. The summed E-state index contributed by atoms with van der Waals surface area (Å²) in [6, 6.07) is 7.81. The Labute approximate surface area is 122 Å². The van der Waals surface area contributed by atoms with Crippen molar-refractivity contribution in [3.63, 3.8) is 0 Å². The van der Waals surface area contributed by atoms with Gasteiger partial charge in [0.1, 0.15) is 6.73 Å². The summed E-state index contributed by atoms with van der Waals surface area (Å²) in [6.45, 7) is 3.72. The molecule has 0 aliphatic heterocycles. The van der Waals surface area contributed by atoms with Crippen molar-refractivity contribution in [2.45, 2.75) is 13.3 Å². The van der Waals surface area contributed by atoms with Gasteiger partial charge < -0.3 is 15.2 Å². The van der Waals surface area contributed by atoms with Gasteiger partial charge >= 0.3 is 0 Å². The Hall–Kier alpha value is -0.990. The van der Waals surface area contributed by atoms with Crippen molar-refractivity contribution in [2.75, 3.05) is 38.4 Å². The summed E-state index contributed by atoms with van der Waals surface area (Å²) in [7, 11) is 0. The Morgan fingerprint density at radius 3 is 2.65 bits per heavy atom. The van der Waals surface area contributed by atoms with Crippen molar-refractivity contribution in [1.29, 1.82) is 0 Å². The lowest BCUT2D eigenvalue weighted by atomic mass is 10.1. The number of aliphatic hydroxyl groups is 1. The third-order valence-electron chi connectivity index (χ3n) is 2.46. The maximum atomic E-state index is 11.1. The highest BCUT2D eigenvalue weighted by molar-refractivity contribution is 7.78. The Morgan fingerprint density at radius 1 is 1.25 bits per heavy atom. The molecule has 3 N–H and O–H groups in total. The second-order valence-electron chi connectivity index (χ2n) is 3.93. The first-order valence-corrected chi connectivity index (χ1v) is 7.63. The summed E-state index contributed by atoms with van der Waals surface area (Å²) in [5.74, 6) is 0. The minimum absolute atomic E-state index is 0.0709. The largest absolute Gasteiger partial charge is 0.380 e. The van der Waals surface area contributed by atoms with E-state index in [1.807, 2.05) is 24.3 Å². The molecule has 0 amide bonds. The second kappa shape index (κ2) is 10.8. The van der Waals surface area contributed by atoms with Crippen LogP contribution in [0.25, 0.3) is 0 Å². The molecule has 0 bridgehead atoms. The van der Waals surface area contributed by atoms with Crippen molar-refractivity contribution in [2.24, 2.45) is 0 Å². The molecule has 0 aliphatic rings. The molecule has 0 aromatic heterocycles. The molecule has 6 nitrogen and oxygen atoms in total. The molecule has 0 heterocycles. The lowest BCUT2D eigenvalue weighted by Gasteiger charge is -2.07. The summed E-state index contributed by atoms with van der Waals surface area (Å²) >= 11 is -1.42. The average Bonchev–Trinajstić information content (AvgIpc) is 2.45. The summed E-state index contributed by atoms with van der Waals surface area (Å²) in [6.07, 6.45) is 0.813. The van der Waals surface area contributed by atoms with E-state index >= 15 is 0 Å². The highest BCUT2D eigenvalue weighted by Gasteiger charge is 1.98. The van der Waals surface area contributed by atoms with Gasteiger partial charge in [-0.3, -0.25) is 4.18 Å². The molecule has 0 aliphatic carbocycles. The molecule has 0 radical (unpaired) electrons. The lowest BCUT2D eigenvalue weighted by molar-refractivity contribution is 0.142. The van der Waals surface area contributed by atoms with E-state index in [4.69, 9.17) is 14.0 Å². The molecule has 7 heteroatoms. The van der Waals surface area contributed by atoms with E-state index in [9.17, 15) is 4.21 Å². The average molecular weight is 302 g/mol. The van der Waals surface area contributed by atoms with Crippen LogP contribution in [-0.4, -0.2) is 42.4 Å². The molecular weight excluding hydrogens is 280 g/mol. The van der Waals surface area contributed by atoms with Crippen LogP contribution in [0.1, 0.15) is 12.5 Å². The van der Waals surface area contributed by atoms with Gasteiger partial charge in [-0.25, -0.2) is 8.93 Å². The SMILES string of the molecule is CCOS(=O)NCCOCCc1ccc(NCO)cc1. The molecular formula is C13H22N2O4S. The van der Waals surface area contributed by atoms with Crippen LogP contribution in [0, 0.1) is 0 Å². The molecule has 0 saturated carbocycles. The van der Waals surface area contributed by atoms with Gasteiger partial charge in [-0.2, -0.15) is 0 Å². The van der Waals surface area contributed by atoms with Crippen LogP contribution in [0.15, 0.2) is 24.3 Å². The van der Waals surface area contributed by atoms with Crippen molar-refractivity contribution in [3.05, 3.63) is 29.8 Å². The van der Waals surface area contributed by atoms with Gasteiger partial charge in [0.2, 0.25) is 11.3 Å². The van der Waals surface area contributed by atoms with E-state index in [0.717, 1.165) is 12.1 Å². The van der Waals surface area contributed by atoms with Crippen LogP contribution in [-0.2, 0) is 26.6 Å².